The highest BCUT2D eigenvalue weighted by atomic mass is 32.2. The zero-order valence-electron chi connectivity index (χ0n) is 12.9. The summed E-state index contributed by atoms with van der Waals surface area (Å²) in [6.45, 7) is 8.21. The molecular weight excluding hydrogens is 274 g/mol. The van der Waals surface area contributed by atoms with Gasteiger partial charge in [0, 0.05) is 23.6 Å². The van der Waals surface area contributed by atoms with E-state index in [1.165, 1.54) is 11.3 Å². The maximum Gasteiger partial charge on any atom is 0.151 e. The van der Waals surface area contributed by atoms with Crippen molar-refractivity contribution in [1.29, 1.82) is 0 Å². The van der Waals surface area contributed by atoms with Crippen molar-refractivity contribution in [3.63, 3.8) is 0 Å². The second-order valence-corrected chi connectivity index (χ2v) is 7.48. The molecule has 0 radical (unpaired) electrons. The Morgan fingerprint density at radius 1 is 1.25 bits per heavy atom. The number of aryl methyl sites for hydroxylation is 1. The van der Waals surface area contributed by atoms with E-state index in [0.29, 0.717) is 6.54 Å². The summed E-state index contributed by atoms with van der Waals surface area (Å²) in [6.07, 6.45) is 4.94. The van der Waals surface area contributed by atoms with Gasteiger partial charge in [0.1, 0.15) is 0 Å². The van der Waals surface area contributed by atoms with Crippen LogP contribution in [0.5, 0.6) is 0 Å². The van der Waals surface area contributed by atoms with E-state index in [9.17, 15) is 8.42 Å². The van der Waals surface area contributed by atoms with Gasteiger partial charge in [-0.05, 0) is 19.4 Å². The number of hydrogen-bond donors (Lipinski definition) is 1. The first-order valence-electron chi connectivity index (χ1n) is 7.48. The van der Waals surface area contributed by atoms with Gasteiger partial charge in [0.05, 0.1) is 18.5 Å². The molecule has 0 bridgehead atoms. The van der Waals surface area contributed by atoms with Crippen LogP contribution in [0.2, 0.25) is 0 Å². The van der Waals surface area contributed by atoms with Crippen molar-refractivity contribution in [2.45, 2.75) is 53.1 Å². The summed E-state index contributed by atoms with van der Waals surface area (Å²) in [7, 11) is -2.94. The first-order chi connectivity index (χ1) is 9.54. The SMILES string of the molecule is CCCNCc1cnn(CCS(=O)(=O)CC)c1CCC. The fourth-order valence-electron chi connectivity index (χ4n) is 2.09. The van der Waals surface area contributed by atoms with E-state index in [4.69, 9.17) is 0 Å². The third kappa shape index (κ3) is 5.25. The van der Waals surface area contributed by atoms with Crippen LogP contribution in [0.1, 0.15) is 44.9 Å². The van der Waals surface area contributed by atoms with Crippen LogP contribution < -0.4 is 5.32 Å². The lowest BCUT2D eigenvalue weighted by Crippen LogP contribution is -2.18. The molecule has 0 aliphatic rings. The molecule has 0 amide bonds. The summed E-state index contributed by atoms with van der Waals surface area (Å²) < 4.78 is 25.1. The van der Waals surface area contributed by atoms with Crippen LogP contribution in [0.4, 0.5) is 0 Å². The summed E-state index contributed by atoms with van der Waals surface area (Å²) in [5.74, 6) is 0.367. The van der Waals surface area contributed by atoms with Crippen molar-refractivity contribution < 1.29 is 8.42 Å². The third-order valence-corrected chi connectivity index (χ3v) is 5.00. The van der Waals surface area contributed by atoms with E-state index < -0.39 is 9.84 Å². The van der Waals surface area contributed by atoms with Gasteiger partial charge < -0.3 is 5.32 Å². The van der Waals surface area contributed by atoms with E-state index in [1.54, 1.807) is 6.92 Å². The lowest BCUT2D eigenvalue weighted by Gasteiger charge is -2.09. The second-order valence-electron chi connectivity index (χ2n) is 5.00. The molecule has 20 heavy (non-hydrogen) atoms. The minimum absolute atomic E-state index is 0.170. The van der Waals surface area contributed by atoms with Crippen molar-refractivity contribution in [3.05, 3.63) is 17.5 Å². The molecule has 6 heteroatoms. The maximum absolute atomic E-state index is 11.6. The van der Waals surface area contributed by atoms with Crippen LogP contribution in [0, 0.1) is 0 Å². The Labute approximate surface area is 122 Å². The van der Waals surface area contributed by atoms with E-state index >= 15 is 0 Å². The Kier molecular flexibility index (Phi) is 7.23. The van der Waals surface area contributed by atoms with E-state index in [-0.39, 0.29) is 11.5 Å². The predicted molar refractivity (Wildman–Crippen MR) is 82.5 cm³/mol. The molecule has 116 valence electrons. The van der Waals surface area contributed by atoms with Gasteiger partial charge in [-0.3, -0.25) is 4.68 Å². The molecular formula is C14H27N3O2S. The molecule has 0 aliphatic heterocycles. The average molecular weight is 301 g/mol. The molecule has 1 heterocycles. The number of sulfone groups is 1. The van der Waals surface area contributed by atoms with Crippen molar-refractivity contribution in [2.75, 3.05) is 18.1 Å². The fourth-order valence-corrected chi connectivity index (χ4v) is 2.83. The summed E-state index contributed by atoms with van der Waals surface area (Å²) in [6, 6.07) is 0. The highest BCUT2D eigenvalue weighted by Gasteiger charge is 2.13. The topological polar surface area (TPSA) is 64.0 Å². The normalized spacial score (nSPS) is 11.9. The van der Waals surface area contributed by atoms with Crippen LogP contribution in [0.3, 0.4) is 0 Å². The molecule has 0 saturated heterocycles. The minimum Gasteiger partial charge on any atom is -0.313 e. The number of nitrogens with zero attached hydrogens (tertiary/aromatic N) is 2. The zero-order chi connectivity index (χ0) is 15.0. The molecule has 5 nitrogen and oxygen atoms in total. The average Bonchev–Trinajstić information content (AvgIpc) is 2.80. The Balaban J connectivity index is 2.75. The predicted octanol–water partition coefficient (Wildman–Crippen LogP) is 1.77. The quantitative estimate of drug-likeness (QED) is 0.669. The van der Waals surface area contributed by atoms with Crippen LogP contribution in [-0.2, 0) is 29.3 Å². The largest absolute Gasteiger partial charge is 0.313 e. The van der Waals surface area contributed by atoms with Crippen LogP contribution in [0.25, 0.3) is 0 Å². The first-order valence-corrected chi connectivity index (χ1v) is 9.30. The van der Waals surface area contributed by atoms with Crippen LogP contribution in [-0.4, -0.2) is 36.2 Å². The van der Waals surface area contributed by atoms with E-state index in [2.05, 4.69) is 24.3 Å². The Morgan fingerprint density at radius 2 is 2.00 bits per heavy atom. The molecule has 0 aromatic carbocycles. The minimum atomic E-state index is -2.94. The number of rotatable bonds is 10. The Morgan fingerprint density at radius 3 is 2.60 bits per heavy atom. The number of hydrogen-bond acceptors (Lipinski definition) is 4. The van der Waals surface area contributed by atoms with Gasteiger partial charge in [-0.25, -0.2) is 8.42 Å². The van der Waals surface area contributed by atoms with Gasteiger partial charge in [0.25, 0.3) is 0 Å². The van der Waals surface area contributed by atoms with Crippen molar-refractivity contribution in [3.8, 4) is 0 Å². The third-order valence-electron chi connectivity index (χ3n) is 3.32. The molecule has 1 N–H and O–H groups in total. The van der Waals surface area contributed by atoms with Crippen molar-refractivity contribution >= 4 is 9.84 Å². The molecule has 0 aliphatic carbocycles. The van der Waals surface area contributed by atoms with Gasteiger partial charge >= 0.3 is 0 Å². The summed E-state index contributed by atoms with van der Waals surface area (Å²) in [4.78, 5) is 0. The second kappa shape index (κ2) is 8.42. The fraction of sp³-hybridized carbons (Fsp3) is 0.786. The number of nitrogens with one attached hydrogen (secondary N) is 1. The molecule has 1 aromatic rings. The van der Waals surface area contributed by atoms with E-state index in [0.717, 1.165) is 32.4 Å². The van der Waals surface area contributed by atoms with Gasteiger partial charge in [-0.2, -0.15) is 5.10 Å². The number of aromatic nitrogens is 2. The highest BCUT2D eigenvalue weighted by molar-refractivity contribution is 7.91. The van der Waals surface area contributed by atoms with Crippen LogP contribution in [0.15, 0.2) is 6.20 Å². The summed E-state index contributed by atoms with van der Waals surface area (Å²) >= 11 is 0. The van der Waals surface area contributed by atoms with Crippen molar-refractivity contribution in [2.24, 2.45) is 0 Å². The Bertz CT molecular complexity index is 495. The van der Waals surface area contributed by atoms with Gasteiger partial charge in [-0.15, -0.1) is 0 Å². The van der Waals surface area contributed by atoms with Crippen LogP contribution >= 0.6 is 0 Å². The first kappa shape index (κ1) is 17.2. The zero-order valence-corrected chi connectivity index (χ0v) is 13.7. The molecule has 0 saturated carbocycles. The lowest BCUT2D eigenvalue weighted by atomic mass is 10.1. The highest BCUT2D eigenvalue weighted by Crippen LogP contribution is 2.12. The monoisotopic (exact) mass is 301 g/mol. The smallest absolute Gasteiger partial charge is 0.151 e. The molecule has 0 spiro atoms. The molecule has 0 fully saturated rings. The van der Waals surface area contributed by atoms with Gasteiger partial charge in [0.15, 0.2) is 9.84 Å². The van der Waals surface area contributed by atoms with Gasteiger partial charge in [0.2, 0.25) is 0 Å². The standard InChI is InChI=1S/C14H27N3O2S/c1-4-7-14-13(11-15-8-5-2)12-16-17(14)9-10-20(18,19)6-3/h12,15H,4-11H2,1-3H3. The molecule has 0 unspecified atom stereocenters. The Hall–Kier alpha value is -0.880. The summed E-state index contributed by atoms with van der Waals surface area (Å²) in [5, 5.41) is 7.74. The van der Waals surface area contributed by atoms with E-state index in [1.807, 2.05) is 10.9 Å². The summed E-state index contributed by atoms with van der Waals surface area (Å²) in [5.41, 5.74) is 2.36. The molecule has 1 aromatic heterocycles. The molecule has 0 atom stereocenters. The van der Waals surface area contributed by atoms with Gasteiger partial charge in [-0.1, -0.05) is 27.2 Å². The lowest BCUT2D eigenvalue weighted by molar-refractivity contribution is 0.571. The maximum atomic E-state index is 11.6. The van der Waals surface area contributed by atoms with Crippen molar-refractivity contribution in [1.82, 2.24) is 15.1 Å². The molecule has 1 rings (SSSR count).